The van der Waals surface area contributed by atoms with Crippen molar-refractivity contribution in [2.24, 2.45) is 0 Å². The lowest BCUT2D eigenvalue weighted by molar-refractivity contribution is -0.288. The maximum atomic E-state index is 14.8. The third kappa shape index (κ3) is 4.78. The Bertz CT molecular complexity index is 1300. The molecule has 41 heavy (non-hydrogen) atoms. The number of halogens is 6. The van der Waals surface area contributed by atoms with Crippen molar-refractivity contribution in [2.75, 3.05) is 26.3 Å². The third-order valence-corrected chi connectivity index (χ3v) is 7.24. The van der Waals surface area contributed by atoms with Crippen molar-refractivity contribution in [2.45, 2.75) is 43.5 Å². The standard InChI is InChI=1S/C27H24F6N2O6/c28-26(29,30)25(27(31,32)33,15-5-7-17-19(13-15)23(40)34(21(17)38)9-1-3-11-36)16-6-8-18-20(14-16)24(41)35(22(18)39)10-2-4-12-37/h5-8,13-14,36-37H,1-4,9-12H2. The molecule has 2 aliphatic heterocycles. The van der Waals surface area contributed by atoms with Gasteiger partial charge < -0.3 is 10.2 Å². The highest BCUT2D eigenvalue weighted by Crippen LogP contribution is 2.57. The number of aliphatic hydroxyl groups excluding tert-OH is 2. The minimum absolute atomic E-state index is 0.169. The van der Waals surface area contributed by atoms with Crippen molar-refractivity contribution in [3.05, 3.63) is 69.8 Å². The van der Waals surface area contributed by atoms with Gasteiger partial charge in [-0.2, -0.15) is 26.3 Å². The summed E-state index contributed by atoms with van der Waals surface area (Å²) in [6.07, 6.45) is -11.3. The van der Waals surface area contributed by atoms with Crippen LogP contribution in [0.3, 0.4) is 0 Å². The van der Waals surface area contributed by atoms with Gasteiger partial charge in [0.1, 0.15) is 0 Å². The van der Waals surface area contributed by atoms with E-state index in [1.54, 1.807) is 0 Å². The number of fused-ring (bicyclic) bond motifs is 2. The van der Waals surface area contributed by atoms with E-state index in [-0.39, 0.29) is 63.1 Å². The van der Waals surface area contributed by atoms with Crippen LogP contribution < -0.4 is 0 Å². The Hall–Kier alpha value is -3.78. The van der Waals surface area contributed by atoms with Crippen molar-refractivity contribution < 1.29 is 55.7 Å². The number of alkyl halides is 6. The van der Waals surface area contributed by atoms with Gasteiger partial charge in [-0.25, -0.2) is 0 Å². The average Bonchev–Trinajstić information content (AvgIpc) is 3.27. The fourth-order valence-electron chi connectivity index (χ4n) is 5.20. The van der Waals surface area contributed by atoms with Crippen LogP contribution in [0.15, 0.2) is 36.4 Å². The van der Waals surface area contributed by atoms with E-state index in [9.17, 15) is 45.5 Å². The van der Waals surface area contributed by atoms with Gasteiger partial charge in [-0.15, -0.1) is 0 Å². The van der Waals surface area contributed by atoms with E-state index < -0.39 is 63.7 Å². The summed E-state index contributed by atoms with van der Waals surface area (Å²) in [6.45, 7) is -0.881. The zero-order chi connectivity index (χ0) is 30.3. The van der Waals surface area contributed by atoms with Crippen molar-refractivity contribution >= 4 is 23.6 Å². The Balaban J connectivity index is 1.86. The Labute approximate surface area is 229 Å². The van der Waals surface area contributed by atoms with Crippen LogP contribution in [-0.2, 0) is 5.41 Å². The maximum Gasteiger partial charge on any atom is 0.411 e. The number of imide groups is 2. The Kier molecular flexibility index (Phi) is 8.02. The smallest absolute Gasteiger partial charge is 0.396 e. The molecule has 0 radical (unpaired) electrons. The molecule has 0 saturated carbocycles. The van der Waals surface area contributed by atoms with Gasteiger partial charge in [-0.3, -0.25) is 29.0 Å². The van der Waals surface area contributed by atoms with Gasteiger partial charge in [0, 0.05) is 26.3 Å². The number of amides is 4. The molecule has 2 heterocycles. The van der Waals surface area contributed by atoms with E-state index in [0.717, 1.165) is 12.1 Å². The lowest BCUT2D eigenvalue weighted by Gasteiger charge is -2.38. The van der Waals surface area contributed by atoms with E-state index in [2.05, 4.69) is 0 Å². The van der Waals surface area contributed by atoms with Crippen molar-refractivity contribution in [3.63, 3.8) is 0 Å². The summed E-state index contributed by atoms with van der Waals surface area (Å²) in [6, 6.07) is 3.20. The molecule has 0 atom stereocenters. The quantitative estimate of drug-likeness (QED) is 0.249. The minimum Gasteiger partial charge on any atom is -0.396 e. The topological polar surface area (TPSA) is 115 Å². The molecule has 0 saturated heterocycles. The van der Waals surface area contributed by atoms with E-state index in [1.165, 1.54) is 0 Å². The number of rotatable bonds is 10. The molecular formula is C27H24F6N2O6. The highest BCUT2D eigenvalue weighted by Gasteiger charge is 2.73. The molecule has 0 bridgehead atoms. The largest absolute Gasteiger partial charge is 0.411 e. The number of carbonyl (C=O) groups excluding carboxylic acids is 4. The number of hydrogen-bond acceptors (Lipinski definition) is 6. The van der Waals surface area contributed by atoms with Crippen LogP contribution in [0.1, 0.15) is 78.2 Å². The van der Waals surface area contributed by atoms with Crippen molar-refractivity contribution in [1.29, 1.82) is 0 Å². The lowest BCUT2D eigenvalue weighted by Crippen LogP contribution is -2.55. The lowest BCUT2D eigenvalue weighted by atomic mass is 9.71. The number of carbonyl (C=O) groups is 4. The molecule has 2 N–H and O–H groups in total. The van der Waals surface area contributed by atoms with Crippen molar-refractivity contribution in [3.8, 4) is 0 Å². The highest BCUT2D eigenvalue weighted by molar-refractivity contribution is 6.22. The molecule has 0 spiro atoms. The molecule has 0 aliphatic carbocycles. The third-order valence-electron chi connectivity index (χ3n) is 7.24. The fourth-order valence-corrected chi connectivity index (χ4v) is 5.20. The van der Waals surface area contributed by atoms with E-state index in [0.29, 0.717) is 34.1 Å². The molecule has 8 nitrogen and oxygen atoms in total. The summed E-state index contributed by atoms with van der Waals surface area (Å²) in [5, 5.41) is 17.9. The first kappa shape index (κ1) is 30.2. The number of unbranched alkanes of at least 4 members (excludes halogenated alkanes) is 2. The van der Waals surface area contributed by atoms with Crippen LogP contribution in [-0.4, -0.2) is 82.3 Å². The highest BCUT2D eigenvalue weighted by atomic mass is 19.4. The van der Waals surface area contributed by atoms with Gasteiger partial charge in [0.05, 0.1) is 22.3 Å². The van der Waals surface area contributed by atoms with E-state index in [1.807, 2.05) is 0 Å². The van der Waals surface area contributed by atoms with Crippen LogP contribution >= 0.6 is 0 Å². The SMILES string of the molecule is O=C1c2ccc(C(c3ccc4c(c3)C(=O)N(CCCCO)C4=O)(C(F)(F)F)C(F)(F)F)cc2C(=O)N1CCCCO. The predicted octanol–water partition coefficient (Wildman–Crippen LogP) is 3.83. The predicted molar refractivity (Wildman–Crippen MR) is 129 cm³/mol. The van der Waals surface area contributed by atoms with Gasteiger partial charge in [0.2, 0.25) is 5.41 Å². The number of benzene rings is 2. The first-order chi connectivity index (χ1) is 19.2. The van der Waals surface area contributed by atoms with Gasteiger partial charge in [-0.1, -0.05) is 12.1 Å². The number of hydrogen-bond donors (Lipinski definition) is 2. The second kappa shape index (κ2) is 10.9. The molecule has 14 heteroatoms. The molecule has 0 unspecified atom stereocenters. The monoisotopic (exact) mass is 586 g/mol. The zero-order valence-electron chi connectivity index (χ0n) is 21.3. The summed E-state index contributed by atoms with van der Waals surface area (Å²) in [5.74, 6) is -3.92. The van der Waals surface area contributed by atoms with E-state index >= 15 is 0 Å². The Morgan fingerprint density at radius 1 is 0.537 bits per heavy atom. The zero-order valence-corrected chi connectivity index (χ0v) is 21.3. The van der Waals surface area contributed by atoms with Gasteiger partial charge in [-0.05, 0) is 61.1 Å². The molecule has 2 aliphatic rings. The maximum absolute atomic E-state index is 14.8. The molecule has 220 valence electrons. The molecule has 4 rings (SSSR count). The van der Waals surface area contributed by atoms with E-state index in [4.69, 9.17) is 10.2 Å². The normalized spacial score (nSPS) is 15.7. The van der Waals surface area contributed by atoms with Crippen molar-refractivity contribution in [1.82, 2.24) is 9.80 Å². The summed E-state index contributed by atoms with van der Waals surface area (Å²) in [5.41, 5.74) is -9.54. The van der Waals surface area contributed by atoms with Gasteiger partial charge in [0.25, 0.3) is 23.6 Å². The van der Waals surface area contributed by atoms with Gasteiger partial charge in [0.15, 0.2) is 0 Å². The van der Waals surface area contributed by atoms with Crippen LogP contribution in [0.5, 0.6) is 0 Å². The Morgan fingerprint density at radius 3 is 1.20 bits per heavy atom. The summed E-state index contributed by atoms with van der Waals surface area (Å²) < 4.78 is 88.6. The first-order valence-corrected chi connectivity index (χ1v) is 12.6. The van der Waals surface area contributed by atoms with Gasteiger partial charge >= 0.3 is 12.4 Å². The van der Waals surface area contributed by atoms with Crippen LogP contribution in [0.2, 0.25) is 0 Å². The minimum atomic E-state index is -6.05. The molecule has 2 aromatic carbocycles. The molecule has 0 fully saturated rings. The summed E-state index contributed by atoms with van der Waals surface area (Å²) in [7, 11) is 0. The fraction of sp³-hybridized carbons (Fsp3) is 0.407. The van der Waals surface area contributed by atoms with Crippen LogP contribution in [0.25, 0.3) is 0 Å². The summed E-state index contributed by atoms with van der Waals surface area (Å²) in [4.78, 5) is 52.4. The van der Waals surface area contributed by atoms with Crippen LogP contribution in [0.4, 0.5) is 26.3 Å². The Morgan fingerprint density at radius 2 is 0.878 bits per heavy atom. The molecule has 0 aromatic heterocycles. The molecule has 2 aromatic rings. The number of nitrogens with zero attached hydrogens (tertiary/aromatic N) is 2. The second-order valence-electron chi connectivity index (χ2n) is 9.65. The van der Waals surface area contributed by atoms with Crippen LogP contribution in [0, 0.1) is 0 Å². The summed E-state index contributed by atoms with van der Waals surface area (Å²) >= 11 is 0. The second-order valence-corrected chi connectivity index (χ2v) is 9.65. The molecule has 4 amide bonds. The molecular weight excluding hydrogens is 562 g/mol. The number of aliphatic hydroxyl groups is 2. The first-order valence-electron chi connectivity index (χ1n) is 12.6. The average molecular weight is 586 g/mol.